The molecule has 4 nitrogen and oxygen atoms in total. The highest BCUT2D eigenvalue weighted by Gasteiger charge is 2.23. The molecule has 0 saturated carbocycles. The second kappa shape index (κ2) is 5.87. The zero-order valence-electron chi connectivity index (χ0n) is 11.3. The van der Waals surface area contributed by atoms with E-state index < -0.39 is 0 Å². The number of hydrogen-bond acceptors (Lipinski definition) is 4. The Morgan fingerprint density at radius 3 is 2.89 bits per heavy atom. The highest BCUT2D eigenvalue weighted by molar-refractivity contribution is 5.94. The van der Waals surface area contributed by atoms with Crippen molar-refractivity contribution in [3.05, 3.63) is 29.3 Å². The standard InChI is InChI=1S/C15H18O4/c1-3-18-15(17)9-13-6-4-12-8-11(10(2)16)5-7-14(12)19-13/h5,7-8,13H,3-4,6,9H2,1-2H3. The molecule has 0 aromatic heterocycles. The van der Waals surface area contributed by atoms with Crippen LogP contribution in [0, 0.1) is 0 Å². The number of carbonyl (C=O) groups is 2. The predicted octanol–water partition coefficient (Wildman–Crippen LogP) is 2.54. The smallest absolute Gasteiger partial charge is 0.309 e. The fourth-order valence-corrected chi connectivity index (χ4v) is 2.21. The lowest BCUT2D eigenvalue weighted by Gasteiger charge is -2.25. The Morgan fingerprint density at radius 2 is 2.21 bits per heavy atom. The topological polar surface area (TPSA) is 52.6 Å². The van der Waals surface area contributed by atoms with Gasteiger partial charge in [0.1, 0.15) is 11.9 Å². The van der Waals surface area contributed by atoms with Crippen molar-refractivity contribution < 1.29 is 19.1 Å². The molecule has 0 saturated heterocycles. The number of ketones is 1. The van der Waals surface area contributed by atoms with Crippen molar-refractivity contribution >= 4 is 11.8 Å². The minimum Gasteiger partial charge on any atom is -0.490 e. The van der Waals surface area contributed by atoms with Crippen LogP contribution in [0.4, 0.5) is 0 Å². The van der Waals surface area contributed by atoms with Gasteiger partial charge in [0.05, 0.1) is 13.0 Å². The van der Waals surface area contributed by atoms with Crippen LogP contribution in [0.15, 0.2) is 18.2 Å². The first-order chi connectivity index (χ1) is 9.10. The third-order valence-electron chi connectivity index (χ3n) is 3.20. The largest absolute Gasteiger partial charge is 0.490 e. The van der Waals surface area contributed by atoms with Gasteiger partial charge in [-0.05, 0) is 50.5 Å². The number of esters is 1. The highest BCUT2D eigenvalue weighted by atomic mass is 16.5. The number of ether oxygens (including phenoxy) is 2. The van der Waals surface area contributed by atoms with Gasteiger partial charge in [0.15, 0.2) is 5.78 Å². The van der Waals surface area contributed by atoms with Crippen LogP contribution in [0.3, 0.4) is 0 Å². The maximum absolute atomic E-state index is 11.4. The van der Waals surface area contributed by atoms with Crippen LogP contribution in [-0.2, 0) is 16.0 Å². The van der Waals surface area contributed by atoms with Gasteiger partial charge < -0.3 is 9.47 Å². The molecular formula is C15H18O4. The molecule has 0 fully saturated rings. The van der Waals surface area contributed by atoms with E-state index in [2.05, 4.69) is 0 Å². The second-order valence-corrected chi connectivity index (χ2v) is 4.67. The van der Waals surface area contributed by atoms with Crippen LogP contribution in [0.1, 0.15) is 42.6 Å². The summed E-state index contributed by atoms with van der Waals surface area (Å²) >= 11 is 0. The zero-order valence-corrected chi connectivity index (χ0v) is 11.3. The summed E-state index contributed by atoms with van der Waals surface area (Å²) in [6.45, 7) is 3.73. The van der Waals surface area contributed by atoms with Crippen LogP contribution in [0.25, 0.3) is 0 Å². The summed E-state index contributed by atoms with van der Waals surface area (Å²) in [7, 11) is 0. The molecule has 0 N–H and O–H groups in total. The highest BCUT2D eigenvalue weighted by Crippen LogP contribution is 2.29. The monoisotopic (exact) mass is 262 g/mol. The fraction of sp³-hybridized carbons (Fsp3) is 0.467. The quantitative estimate of drug-likeness (QED) is 0.618. The Hall–Kier alpha value is -1.84. The third kappa shape index (κ3) is 3.34. The van der Waals surface area contributed by atoms with Crippen molar-refractivity contribution in [3.63, 3.8) is 0 Å². The number of rotatable bonds is 4. The minimum atomic E-state index is -0.226. The summed E-state index contributed by atoms with van der Waals surface area (Å²) in [5, 5.41) is 0. The molecule has 1 aliphatic heterocycles. The van der Waals surface area contributed by atoms with Gasteiger partial charge in [-0.15, -0.1) is 0 Å². The lowest BCUT2D eigenvalue weighted by atomic mass is 9.98. The molecule has 0 bridgehead atoms. The molecule has 1 unspecified atom stereocenters. The molecule has 0 aliphatic carbocycles. The number of hydrogen-bond donors (Lipinski definition) is 0. The maximum Gasteiger partial charge on any atom is 0.309 e. The summed E-state index contributed by atoms with van der Waals surface area (Å²) in [6, 6.07) is 5.44. The van der Waals surface area contributed by atoms with Gasteiger partial charge in [0.25, 0.3) is 0 Å². The zero-order chi connectivity index (χ0) is 13.8. The molecule has 1 aliphatic rings. The van der Waals surface area contributed by atoms with Crippen molar-refractivity contribution in [1.82, 2.24) is 0 Å². The number of fused-ring (bicyclic) bond motifs is 1. The number of carbonyl (C=O) groups excluding carboxylic acids is 2. The summed E-state index contributed by atoms with van der Waals surface area (Å²) in [4.78, 5) is 22.7. The van der Waals surface area contributed by atoms with Crippen molar-refractivity contribution in [3.8, 4) is 5.75 Å². The molecule has 19 heavy (non-hydrogen) atoms. The lowest BCUT2D eigenvalue weighted by Crippen LogP contribution is -2.26. The van der Waals surface area contributed by atoms with Gasteiger partial charge in [-0.25, -0.2) is 0 Å². The number of Topliss-reactive ketones (excluding diaryl/α,β-unsaturated/α-hetero) is 1. The minimum absolute atomic E-state index is 0.0523. The average molecular weight is 262 g/mol. The maximum atomic E-state index is 11.4. The van der Waals surface area contributed by atoms with E-state index in [9.17, 15) is 9.59 Å². The molecule has 0 amide bonds. The molecule has 1 heterocycles. The molecule has 1 aromatic carbocycles. The molecule has 1 atom stereocenters. The van der Waals surface area contributed by atoms with Crippen molar-refractivity contribution in [2.24, 2.45) is 0 Å². The van der Waals surface area contributed by atoms with Crippen LogP contribution in [0.2, 0.25) is 0 Å². The van der Waals surface area contributed by atoms with Gasteiger partial charge in [0.2, 0.25) is 0 Å². The van der Waals surface area contributed by atoms with Crippen molar-refractivity contribution in [2.75, 3.05) is 6.61 Å². The van der Waals surface area contributed by atoms with E-state index in [1.807, 2.05) is 12.1 Å². The van der Waals surface area contributed by atoms with Crippen LogP contribution < -0.4 is 4.74 Å². The molecule has 1 aromatic rings. The van der Waals surface area contributed by atoms with E-state index in [0.717, 1.165) is 24.2 Å². The molecule has 0 radical (unpaired) electrons. The van der Waals surface area contributed by atoms with E-state index in [0.29, 0.717) is 12.2 Å². The molecular weight excluding hydrogens is 244 g/mol. The van der Waals surface area contributed by atoms with E-state index >= 15 is 0 Å². The average Bonchev–Trinajstić information content (AvgIpc) is 2.38. The Labute approximate surface area is 112 Å². The number of benzene rings is 1. The second-order valence-electron chi connectivity index (χ2n) is 4.67. The Bertz CT molecular complexity index is 493. The first-order valence-electron chi connectivity index (χ1n) is 6.56. The lowest BCUT2D eigenvalue weighted by molar-refractivity contribution is -0.145. The van der Waals surface area contributed by atoms with E-state index in [4.69, 9.17) is 9.47 Å². The van der Waals surface area contributed by atoms with Gasteiger partial charge in [-0.3, -0.25) is 9.59 Å². The van der Waals surface area contributed by atoms with Crippen LogP contribution in [0.5, 0.6) is 5.75 Å². The normalized spacial score (nSPS) is 17.3. The van der Waals surface area contributed by atoms with Gasteiger partial charge in [0, 0.05) is 5.56 Å². The summed E-state index contributed by atoms with van der Waals surface area (Å²) in [5.74, 6) is 0.596. The Kier molecular flexibility index (Phi) is 4.20. The Morgan fingerprint density at radius 1 is 1.42 bits per heavy atom. The van der Waals surface area contributed by atoms with Crippen LogP contribution >= 0.6 is 0 Å². The molecule has 2 rings (SSSR count). The molecule has 102 valence electrons. The van der Waals surface area contributed by atoms with E-state index in [-0.39, 0.29) is 24.3 Å². The third-order valence-corrected chi connectivity index (χ3v) is 3.20. The fourth-order valence-electron chi connectivity index (χ4n) is 2.21. The summed E-state index contributed by atoms with van der Waals surface area (Å²) in [6.07, 6.45) is 1.74. The molecule has 4 heteroatoms. The predicted molar refractivity (Wildman–Crippen MR) is 70.4 cm³/mol. The summed E-state index contributed by atoms with van der Waals surface area (Å²) in [5.41, 5.74) is 1.74. The van der Waals surface area contributed by atoms with Crippen molar-refractivity contribution in [2.45, 2.75) is 39.2 Å². The molecule has 0 spiro atoms. The SMILES string of the molecule is CCOC(=O)CC1CCc2cc(C(C)=O)ccc2O1. The van der Waals surface area contributed by atoms with Crippen molar-refractivity contribution in [1.29, 1.82) is 0 Å². The first-order valence-corrected chi connectivity index (χ1v) is 6.56. The van der Waals surface area contributed by atoms with Gasteiger partial charge in [-0.2, -0.15) is 0 Å². The van der Waals surface area contributed by atoms with Gasteiger partial charge >= 0.3 is 5.97 Å². The van der Waals surface area contributed by atoms with E-state index in [1.165, 1.54) is 0 Å². The summed E-state index contributed by atoms with van der Waals surface area (Å²) < 4.78 is 10.7. The number of aryl methyl sites for hydroxylation is 1. The van der Waals surface area contributed by atoms with Gasteiger partial charge in [-0.1, -0.05) is 0 Å². The first kappa shape index (κ1) is 13.6. The van der Waals surface area contributed by atoms with Crippen LogP contribution in [-0.4, -0.2) is 24.5 Å². The van der Waals surface area contributed by atoms with E-state index in [1.54, 1.807) is 19.9 Å². The Balaban J connectivity index is 2.04.